The van der Waals surface area contributed by atoms with Crippen LogP contribution >= 0.6 is 46.6 Å². The van der Waals surface area contributed by atoms with Gasteiger partial charge in [-0.05, 0) is 55.5 Å². The number of carbonyl (C=O) groups is 1. The van der Waals surface area contributed by atoms with Crippen LogP contribution in [0.5, 0.6) is 0 Å². The molecule has 4 rings (SSSR count). The number of halogens is 3. The Morgan fingerprint density at radius 1 is 0.969 bits per heavy atom. The lowest BCUT2D eigenvalue weighted by molar-refractivity contribution is -0.113. The molecule has 0 saturated carbocycles. The zero-order valence-electron chi connectivity index (χ0n) is 16.8. The molecule has 4 aromatic rings. The second-order valence-corrected chi connectivity index (χ2v) is 9.09. The van der Waals surface area contributed by atoms with Crippen molar-refractivity contribution in [3.05, 3.63) is 87.4 Å². The van der Waals surface area contributed by atoms with Gasteiger partial charge in [-0.2, -0.15) is 0 Å². The van der Waals surface area contributed by atoms with Crippen molar-refractivity contribution in [1.29, 1.82) is 0 Å². The first kappa shape index (κ1) is 22.7. The van der Waals surface area contributed by atoms with Crippen molar-refractivity contribution in [2.75, 3.05) is 11.1 Å². The summed E-state index contributed by atoms with van der Waals surface area (Å²) in [6.07, 6.45) is 0. The maximum atomic E-state index is 12.6. The summed E-state index contributed by atoms with van der Waals surface area (Å²) in [7, 11) is 0. The van der Waals surface area contributed by atoms with Crippen LogP contribution in [0.3, 0.4) is 0 Å². The Balaban J connectivity index is 1.60. The molecule has 1 N–H and O–H groups in total. The van der Waals surface area contributed by atoms with Crippen molar-refractivity contribution >= 4 is 58.2 Å². The Morgan fingerprint density at radius 2 is 1.69 bits per heavy atom. The van der Waals surface area contributed by atoms with Crippen LogP contribution in [0.25, 0.3) is 17.1 Å². The van der Waals surface area contributed by atoms with Crippen molar-refractivity contribution in [2.45, 2.75) is 12.1 Å². The molecule has 0 bridgehead atoms. The number of thioether (sulfide) groups is 1. The third kappa shape index (κ3) is 5.10. The standard InChI is InChI=1S/C23H17Cl3N4OS/c1-14-5-11-17(12-6-14)30-22(15-7-9-16(24)10-8-15)28-29-23(30)32-13-20(31)27-19-4-2-3-18(25)21(19)26/h2-12H,13H2,1H3,(H,27,31). The van der Waals surface area contributed by atoms with Gasteiger partial charge in [0.15, 0.2) is 11.0 Å². The minimum absolute atomic E-state index is 0.119. The summed E-state index contributed by atoms with van der Waals surface area (Å²) in [5, 5.41) is 13.4. The SMILES string of the molecule is Cc1ccc(-n2c(SCC(=O)Nc3cccc(Cl)c3Cl)nnc2-c2ccc(Cl)cc2)cc1. The Hall–Kier alpha value is -2.51. The number of carbonyl (C=O) groups excluding carboxylic acids is 1. The maximum Gasteiger partial charge on any atom is 0.234 e. The smallest absolute Gasteiger partial charge is 0.234 e. The second kappa shape index (κ2) is 9.96. The fourth-order valence-corrected chi connectivity index (χ4v) is 4.22. The molecule has 32 heavy (non-hydrogen) atoms. The van der Waals surface area contributed by atoms with Crippen LogP contribution in [-0.4, -0.2) is 26.4 Å². The number of aryl methyl sites for hydroxylation is 1. The summed E-state index contributed by atoms with van der Waals surface area (Å²) >= 11 is 19.5. The summed E-state index contributed by atoms with van der Waals surface area (Å²) in [5.41, 5.74) is 3.37. The van der Waals surface area contributed by atoms with Gasteiger partial charge in [0.25, 0.3) is 0 Å². The third-order valence-electron chi connectivity index (χ3n) is 4.59. The number of benzene rings is 3. The molecule has 0 aliphatic heterocycles. The largest absolute Gasteiger partial charge is 0.324 e. The Bertz CT molecular complexity index is 1260. The lowest BCUT2D eigenvalue weighted by Gasteiger charge is -2.11. The van der Waals surface area contributed by atoms with Gasteiger partial charge < -0.3 is 5.32 Å². The van der Waals surface area contributed by atoms with Crippen LogP contribution in [0.1, 0.15) is 5.56 Å². The molecule has 0 spiro atoms. The number of hydrogen-bond donors (Lipinski definition) is 1. The van der Waals surface area contributed by atoms with Crippen LogP contribution in [0.4, 0.5) is 5.69 Å². The van der Waals surface area contributed by atoms with E-state index in [1.165, 1.54) is 11.8 Å². The number of hydrogen-bond acceptors (Lipinski definition) is 4. The average Bonchev–Trinajstić information content (AvgIpc) is 3.20. The van der Waals surface area contributed by atoms with Crippen LogP contribution in [0, 0.1) is 6.92 Å². The molecular formula is C23H17Cl3N4OS. The molecule has 0 aliphatic rings. The molecule has 0 radical (unpaired) electrons. The number of anilines is 1. The molecular weight excluding hydrogens is 487 g/mol. The highest BCUT2D eigenvalue weighted by molar-refractivity contribution is 7.99. The number of rotatable bonds is 6. The molecule has 3 aromatic carbocycles. The predicted molar refractivity (Wildman–Crippen MR) is 132 cm³/mol. The molecule has 1 heterocycles. The molecule has 162 valence electrons. The summed E-state index contributed by atoms with van der Waals surface area (Å²) in [6, 6.07) is 20.5. The van der Waals surface area contributed by atoms with Crippen LogP contribution in [0.15, 0.2) is 71.9 Å². The van der Waals surface area contributed by atoms with E-state index in [4.69, 9.17) is 34.8 Å². The fraction of sp³-hybridized carbons (Fsp3) is 0.0870. The van der Waals surface area contributed by atoms with Crippen LogP contribution < -0.4 is 5.32 Å². The quantitative estimate of drug-likeness (QED) is 0.290. The van der Waals surface area contributed by atoms with Gasteiger partial charge in [0.1, 0.15) is 0 Å². The molecule has 0 saturated heterocycles. The van der Waals surface area contributed by atoms with Crippen molar-refractivity contribution < 1.29 is 4.79 Å². The van der Waals surface area contributed by atoms with Crippen molar-refractivity contribution in [2.24, 2.45) is 0 Å². The summed E-state index contributed by atoms with van der Waals surface area (Å²) in [5.74, 6) is 0.546. The molecule has 0 aliphatic carbocycles. The van der Waals surface area contributed by atoms with E-state index in [1.54, 1.807) is 30.3 Å². The van der Waals surface area contributed by atoms with E-state index in [0.717, 1.165) is 16.8 Å². The topological polar surface area (TPSA) is 59.8 Å². The van der Waals surface area contributed by atoms with Gasteiger partial charge >= 0.3 is 0 Å². The normalized spacial score (nSPS) is 10.9. The summed E-state index contributed by atoms with van der Waals surface area (Å²) in [6.45, 7) is 2.02. The highest BCUT2D eigenvalue weighted by Gasteiger charge is 2.18. The van der Waals surface area contributed by atoms with Crippen molar-refractivity contribution in [1.82, 2.24) is 14.8 Å². The zero-order valence-corrected chi connectivity index (χ0v) is 19.9. The van der Waals surface area contributed by atoms with Gasteiger partial charge in [-0.15, -0.1) is 10.2 Å². The second-order valence-electron chi connectivity index (χ2n) is 6.92. The summed E-state index contributed by atoms with van der Waals surface area (Å²) in [4.78, 5) is 12.6. The molecule has 0 fully saturated rings. The van der Waals surface area contributed by atoms with E-state index >= 15 is 0 Å². The minimum atomic E-state index is -0.231. The van der Waals surface area contributed by atoms with Gasteiger partial charge in [0, 0.05) is 16.3 Å². The average molecular weight is 504 g/mol. The maximum absolute atomic E-state index is 12.6. The van der Waals surface area contributed by atoms with Crippen LogP contribution in [-0.2, 0) is 4.79 Å². The van der Waals surface area contributed by atoms with E-state index in [2.05, 4.69) is 15.5 Å². The summed E-state index contributed by atoms with van der Waals surface area (Å²) < 4.78 is 1.92. The van der Waals surface area contributed by atoms with E-state index in [-0.39, 0.29) is 11.7 Å². The molecule has 5 nitrogen and oxygen atoms in total. The Kier molecular flexibility index (Phi) is 7.06. The lowest BCUT2D eigenvalue weighted by Crippen LogP contribution is -2.15. The fourth-order valence-electron chi connectivity index (χ4n) is 2.99. The third-order valence-corrected chi connectivity index (χ3v) is 6.59. The molecule has 9 heteroatoms. The van der Waals surface area contributed by atoms with E-state index in [0.29, 0.717) is 31.7 Å². The monoisotopic (exact) mass is 502 g/mol. The van der Waals surface area contributed by atoms with Gasteiger partial charge in [-0.1, -0.05) is 70.3 Å². The van der Waals surface area contributed by atoms with Gasteiger partial charge in [0.2, 0.25) is 5.91 Å². The first-order valence-corrected chi connectivity index (χ1v) is 11.7. The van der Waals surface area contributed by atoms with E-state index in [1.807, 2.05) is 47.9 Å². The van der Waals surface area contributed by atoms with Gasteiger partial charge in [-0.25, -0.2) is 0 Å². The number of nitrogens with zero attached hydrogens (tertiary/aromatic N) is 3. The zero-order chi connectivity index (χ0) is 22.7. The molecule has 0 atom stereocenters. The van der Waals surface area contributed by atoms with Crippen molar-refractivity contribution in [3.8, 4) is 17.1 Å². The van der Waals surface area contributed by atoms with E-state index < -0.39 is 0 Å². The minimum Gasteiger partial charge on any atom is -0.324 e. The Labute approximate surface area is 204 Å². The lowest BCUT2D eigenvalue weighted by atomic mass is 10.2. The first-order chi connectivity index (χ1) is 15.4. The van der Waals surface area contributed by atoms with Crippen molar-refractivity contribution in [3.63, 3.8) is 0 Å². The van der Waals surface area contributed by atoms with Gasteiger partial charge in [-0.3, -0.25) is 9.36 Å². The van der Waals surface area contributed by atoms with Crippen LogP contribution in [0.2, 0.25) is 15.1 Å². The highest BCUT2D eigenvalue weighted by atomic mass is 35.5. The molecule has 1 aromatic heterocycles. The number of amides is 1. The molecule has 1 amide bonds. The number of nitrogens with one attached hydrogen (secondary N) is 1. The first-order valence-electron chi connectivity index (χ1n) is 9.57. The highest BCUT2D eigenvalue weighted by Crippen LogP contribution is 2.31. The molecule has 0 unspecified atom stereocenters. The predicted octanol–water partition coefficient (Wildman–Crippen LogP) is 6.93. The van der Waals surface area contributed by atoms with Gasteiger partial charge in [0.05, 0.1) is 21.5 Å². The number of aromatic nitrogens is 3. The Morgan fingerprint density at radius 3 is 2.41 bits per heavy atom. The van der Waals surface area contributed by atoms with E-state index in [9.17, 15) is 4.79 Å².